The van der Waals surface area contributed by atoms with Gasteiger partial charge in [-0.2, -0.15) is 0 Å². The van der Waals surface area contributed by atoms with Gasteiger partial charge in [-0.15, -0.1) is 0 Å². The number of aromatic amines is 2. The first-order valence-corrected chi connectivity index (χ1v) is 4.30. The number of carbonyl (C=O) groups excluding carboxylic acids is 2. The molecule has 0 amide bonds. The first-order chi connectivity index (χ1) is 7.61. The van der Waals surface area contributed by atoms with Gasteiger partial charge in [0.25, 0.3) is 0 Å². The van der Waals surface area contributed by atoms with Gasteiger partial charge in [0.15, 0.2) is 0 Å². The molecule has 0 aliphatic rings. The summed E-state index contributed by atoms with van der Waals surface area (Å²) in [5.74, 6) is -2.34. The van der Waals surface area contributed by atoms with E-state index >= 15 is 0 Å². The molecule has 0 fully saturated rings. The maximum Gasteiger partial charge on any atom is 2.00 e. The fourth-order valence-electron chi connectivity index (χ4n) is 0.915. The van der Waals surface area contributed by atoms with E-state index in [4.69, 9.17) is 0 Å². The molecule has 0 atom stereocenters. The minimum Gasteiger partial charge on any atom is -0.543 e. The number of aromatic carboxylic acids is 2. The summed E-state index contributed by atoms with van der Waals surface area (Å²) in [6.45, 7) is 0. The standard InChI is InChI=1S/2C5H5NO2.Mg/c2*7-5(8)4-2-1-3-6-4;/h2*1-3,6H,(H,7,8);/q;;+2/p-2. The molecule has 0 saturated heterocycles. The summed E-state index contributed by atoms with van der Waals surface area (Å²) < 4.78 is 0. The molecule has 0 aromatic carbocycles. The molecule has 6 nitrogen and oxygen atoms in total. The van der Waals surface area contributed by atoms with Crippen molar-refractivity contribution < 1.29 is 19.8 Å². The number of carbonyl (C=O) groups is 2. The van der Waals surface area contributed by atoms with Gasteiger partial charge in [0, 0.05) is 12.4 Å². The average molecular weight is 244 g/mol. The van der Waals surface area contributed by atoms with Crippen LogP contribution in [0.5, 0.6) is 0 Å². The summed E-state index contributed by atoms with van der Waals surface area (Å²) in [7, 11) is 0. The molecule has 2 aromatic rings. The number of carboxylic acids is 2. The van der Waals surface area contributed by atoms with Crippen LogP contribution in [0.1, 0.15) is 21.0 Å². The van der Waals surface area contributed by atoms with Gasteiger partial charge in [-0.1, -0.05) is 0 Å². The molecule has 0 spiro atoms. The molecule has 0 aliphatic carbocycles. The summed E-state index contributed by atoms with van der Waals surface area (Å²) in [6.07, 6.45) is 3.07. The van der Waals surface area contributed by atoms with Crippen molar-refractivity contribution in [1.82, 2.24) is 9.97 Å². The van der Waals surface area contributed by atoms with E-state index in [9.17, 15) is 19.8 Å². The second-order valence-electron chi connectivity index (χ2n) is 2.74. The molecular formula is C10H8MgN2O4. The molecule has 2 aromatic heterocycles. The Balaban J connectivity index is 0.000000284. The Labute approximate surface area is 113 Å². The van der Waals surface area contributed by atoms with Crippen molar-refractivity contribution in [2.24, 2.45) is 0 Å². The molecule has 2 N–H and O–H groups in total. The third-order valence-corrected chi connectivity index (χ3v) is 1.64. The third-order valence-electron chi connectivity index (χ3n) is 1.64. The van der Waals surface area contributed by atoms with Gasteiger partial charge in [0.05, 0.1) is 23.3 Å². The van der Waals surface area contributed by atoms with E-state index in [1.165, 1.54) is 24.5 Å². The molecule has 7 heteroatoms. The van der Waals surface area contributed by atoms with Crippen LogP contribution in [-0.2, 0) is 0 Å². The van der Waals surface area contributed by atoms with Gasteiger partial charge in [0.1, 0.15) is 0 Å². The minimum absolute atomic E-state index is 0. The average Bonchev–Trinajstić information content (AvgIpc) is 2.93. The normalized spacial score (nSPS) is 8.47. The largest absolute Gasteiger partial charge is 2.00 e. The van der Waals surface area contributed by atoms with Gasteiger partial charge < -0.3 is 29.8 Å². The Morgan fingerprint density at radius 2 is 1.24 bits per heavy atom. The fraction of sp³-hybridized carbons (Fsp3) is 0. The van der Waals surface area contributed by atoms with Crippen LogP contribution in [0.3, 0.4) is 0 Å². The van der Waals surface area contributed by atoms with Crippen LogP contribution in [0, 0.1) is 0 Å². The van der Waals surface area contributed by atoms with Crippen molar-refractivity contribution in [2.75, 3.05) is 0 Å². The van der Waals surface area contributed by atoms with E-state index in [1.54, 1.807) is 12.1 Å². The van der Waals surface area contributed by atoms with Crippen LogP contribution < -0.4 is 10.2 Å². The number of hydrogen-bond donors (Lipinski definition) is 2. The maximum absolute atomic E-state index is 9.92. The maximum atomic E-state index is 9.92. The number of carboxylic acid groups (broad SMARTS) is 2. The Kier molecular flexibility index (Phi) is 6.76. The number of hydrogen-bond acceptors (Lipinski definition) is 4. The van der Waals surface area contributed by atoms with Gasteiger partial charge >= 0.3 is 23.1 Å². The SMILES string of the molecule is O=C([O-])c1ccc[nH]1.O=C([O-])c1ccc[nH]1.[Mg+2]. The predicted molar refractivity (Wildman–Crippen MR) is 56.0 cm³/mol. The molecule has 0 bridgehead atoms. The molecule has 2 heterocycles. The van der Waals surface area contributed by atoms with Crippen LogP contribution in [0.15, 0.2) is 36.7 Å². The van der Waals surface area contributed by atoms with E-state index < -0.39 is 11.9 Å². The minimum atomic E-state index is -1.17. The van der Waals surface area contributed by atoms with Crippen molar-refractivity contribution >= 4 is 35.0 Å². The molecule has 0 aliphatic heterocycles. The molecule has 0 saturated carbocycles. The monoisotopic (exact) mass is 244 g/mol. The molecular weight excluding hydrogens is 236 g/mol. The number of aromatic nitrogens is 2. The smallest absolute Gasteiger partial charge is 0.543 e. The van der Waals surface area contributed by atoms with Crippen molar-refractivity contribution in [3.8, 4) is 0 Å². The van der Waals surface area contributed by atoms with E-state index in [-0.39, 0.29) is 34.4 Å². The summed E-state index contributed by atoms with van der Waals surface area (Å²) in [6, 6.07) is 6.08. The molecule has 17 heavy (non-hydrogen) atoms. The van der Waals surface area contributed by atoms with Crippen molar-refractivity contribution in [3.63, 3.8) is 0 Å². The molecule has 0 unspecified atom stereocenters. The van der Waals surface area contributed by atoms with E-state index in [1.807, 2.05) is 0 Å². The van der Waals surface area contributed by atoms with Crippen LogP contribution in [0.2, 0.25) is 0 Å². The third kappa shape index (κ3) is 5.23. The first kappa shape index (κ1) is 15.3. The van der Waals surface area contributed by atoms with Gasteiger partial charge in [0.2, 0.25) is 0 Å². The summed E-state index contributed by atoms with van der Waals surface area (Å²) in [5, 5.41) is 19.8. The van der Waals surface area contributed by atoms with Crippen LogP contribution in [0.4, 0.5) is 0 Å². The van der Waals surface area contributed by atoms with Crippen molar-refractivity contribution in [2.45, 2.75) is 0 Å². The predicted octanol–water partition coefficient (Wildman–Crippen LogP) is -1.62. The Morgan fingerprint density at radius 1 is 0.882 bits per heavy atom. The van der Waals surface area contributed by atoms with Crippen molar-refractivity contribution in [3.05, 3.63) is 48.0 Å². The van der Waals surface area contributed by atoms with Gasteiger partial charge in [-0.05, 0) is 24.3 Å². The Hall–Kier alpha value is -1.73. The van der Waals surface area contributed by atoms with E-state index in [2.05, 4.69) is 9.97 Å². The fourth-order valence-corrected chi connectivity index (χ4v) is 0.915. The Bertz CT molecular complexity index is 406. The zero-order valence-electron chi connectivity index (χ0n) is 8.80. The number of H-pyrrole nitrogens is 2. The van der Waals surface area contributed by atoms with Gasteiger partial charge in [-0.3, -0.25) is 0 Å². The zero-order valence-corrected chi connectivity index (χ0v) is 10.2. The van der Waals surface area contributed by atoms with Gasteiger partial charge in [-0.25, -0.2) is 0 Å². The van der Waals surface area contributed by atoms with Crippen LogP contribution in [-0.4, -0.2) is 45.0 Å². The van der Waals surface area contributed by atoms with Crippen molar-refractivity contribution in [1.29, 1.82) is 0 Å². The summed E-state index contributed by atoms with van der Waals surface area (Å²) >= 11 is 0. The topological polar surface area (TPSA) is 112 Å². The zero-order chi connectivity index (χ0) is 12.0. The number of rotatable bonds is 2. The Morgan fingerprint density at radius 3 is 1.35 bits per heavy atom. The first-order valence-electron chi connectivity index (χ1n) is 4.30. The number of nitrogens with one attached hydrogen (secondary N) is 2. The second-order valence-corrected chi connectivity index (χ2v) is 2.74. The molecule has 0 radical (unpaired) electrons. The van der Waals surface area contributed by atoms with E-state index in [0.717, 1.165) is 0 Å². The molecule has 2 rings (SSSR count). The summed E-state index contributed by atoms with van der Waals surface area (Å²) in [5.41, 5.74) is 0.231. The van der Waals surface area contributed by atoms with Crippen LogP contribution in [0.25, 0.3) is 0 Å². The van der Waals surface area contributed by atoms with Crippen LogP contribution >= 0.6 is 0 Å². The quantitative estimate of drug-likeness (QED) is 0.618. The van der Waals surface area contributed by atoms with E-state index in [0.29, 0.717) is 0 Å². The second kappa shape index (κ2) is 7.53. The summed E-state index contributed by atoms with van der Waals surface area (Å²) in [4.78, 5) is 24.8. The molecule has 84 valence electrons.